The van der Waals surface area contributed by atoms with Crippen molar-refractivity contribution in [2.75, 3.05) is 7.11 Å². The Bertz CT molecular complexity index is 1110. The van der Waals surface area contributed by atoms with E-state index in [1.807, 2.05) is 55.5 Å². The Balaban J connectivity index is 1.79. The number of esters is 1. The van der Waals surface area contributed by atoms with Gasteiger partial charge in [-0.3, -0.25) is 4.90 Å². The number of carbonyl (C=O) groups excluding carboxylic acids is 1. The Morgan fingerprint density at radius 1 is 0.970 bits per heavy atom. The number of carbonyl (C=O) groups is 1. The molecule has 0 saturated carbocycles. The largest absolute Gasteiger partial charge is 0.496 e. The third-order valence-electron chi connectivity index (χ3n) is 6.38. The highest BCUT2D eigenvalue weighted by atomic mass is 16.5. The molecular weight excluding hydrogens is 414 g/mol. The molecule has 1 atom stereocenters. The maximum absolute atomic E-state index is 13.4. The zero-order chi connectivity index (χ0) is 23.4. The Morgan fingerprint density at radius 2 is 1.58 bits per heavy atom. The van der Waals surface area contributed by atoms with E-state index in [9.17, 15) is 4.79 Å². The van der Waals surface area contributed by atoms with E-state index in [-0.39, 0.29) is 0 Å². The number of fused-ring (bicyclic) bond motifs is 1. The summed E-state index contributed by atoms with van der Waals surface area (Å²) in [6, 6.07) is 19.5. The van der Waals surface area contributed by atoms with Crippen LogP contribution in [-0.2, 0) is 19.7 Å². The molecule has 3 aromatic rings. The van der Waals surface area contributed by atoms with Crippen molar-refractivity contribution in [3.05, 3.63) is 88.5 Å². The zero-order valence-electron chi connectivity index (χ0n) is 19.8. The van der Waals surface area contributed by atoms with E-state index in [1.165, 1.54) is 0 Å². The summed E-state index contributed by atoms with van der Waals surface area (Å²) in [6.45, 7) is 8.16. The first-order valence-electron chi connectivity index (χ1n) is 11.4. The summed E-state index contributed by atoms with van der Waals surface area (Å²) >= 11 is 0. The maximum Gasteiger partial charge on any atom is 0.347 e. The van der Waals surface area contributed by atoms with Crippen LogP contribution in [0.5, 0.6) is 17.2 Å². The van der Waals surface area contributed by atoms with Gasteiger partial charge in [-0.05, 0) is 38.0 Å². The molecule has 0 aliphatic carbocycles. The average molecular weight is 446 g/mol. The third-order valence-corrected chi connectivity index (χ3v) is 6.38. The van der Waals surface area contributed by atoms with Crippen molar-refractivity contribution in [2.45, 2.75) is 52.9 Å². The predicted molar refractivity (Wildman–Crippen MR) is 129 cm³/mol. The summed E-state index contributed by atoms with van der Waals surface area (Å²) in [5, 5.41) is 0. The minimum absolute atomic E-state index is 0.369. The standard InChI is InChI=1S/C28H31NO4/c1-5-19(2)29-16-23-24(17-29)27(32-18-21-12-8-6-9-13-21)25(20(3)26(23)31-4)28(30)33-22-14-10-7-11-15-22/h6-15,19H,5,16-18H2,1-4H3/t19-/m0/s1. The van der Waals surface area contributed by atoms with Gasteiger partial charge in [0.25, 0.3) is 0 Å². The molecule has 33 heavy (non-hydrogen) atoms. The summed E-state index contributed by atoms with van der Waals surface area (Å²) in [5.74, 6) is 1.39. The van der Waals surface area contributed by atoms with Gasteiger partial charge in [-0.2, -0.15) is 0 Å². The van der Waals surface area contributed by atoms with E-state index in [0.29, 0.717) is 36.3 Å². The van der Waals surface area contributed by atoms with E-state index >= 15 is 0 Å². The highest BCUT2D eigenvalue weighted by molar-refractivity contribution is 5.97. The minimum Gasteiger partial charge on any atom is -0.496 e. The summed E-state index contributed by atoms with van der Waals surface area (Å²) in [4.78, 5) is 15.8. The van der Waals surface area contributed by atoms with Gasteiger partial charge in [0.15, 0.2) is 0 Å². The molecule has 0 radical (unpaired) electrons. The number of ether oxygens (including phenoxy) is 3. The van der Waals surface area contributed by atoms with E-state index in [1.54, 1.807) is 19.2 Å². The lowest BCUT2D eigenvalue weighted by molar-refractivity contribution is 0.0728. The molecule has 1 aliphatic rings. The van der Waals surface area contributed by atoms with Crippen molar-refractivity contribution in [1.82, 2.24) is 4.90 Å². The minimum atomic E-state index is -0.440. The van der Waals surface area contributed by atoms with E-state index in [0.717, 1.165) is 41.0 Å². The molecule has 172 valence electrons. The van der Waals surface area contributed by atoms with Crippen LogP contribution < -0.4 is 14.2 Å². The molecule has 0 amide bonds. The molecule has 3 aromatic carbocycles. The second-order valence-corrected chi connectivity index (χ2v) is 8.46. The van der Waals surface area contributed by atoms with Crippen molar-refractivity contribution < 1.29 is 19.0 Å². The average Bonchev–Trinajstić information content (AvgIpc) is 3.28. The molecule has 0 unspecified atom stereocenters. The van der Waals surface area contributed by atoms with Crippen LogP contribution in [0.3, 0.4) is 0 Å². The van der Waals surface area contributed by atoms with Crippen LogP contribution in [0.15, 0.2) is 60.7 Å². The van der Waals surface area contributed by atoms with Crippen molar-refractivity contribution in [3.8, 4) is 17.2 Å². The van der Waals surface area contributed by atoms with E-state index in [2.05, 4.69) is 18.7 Å². The molecule has 0 N–H and O–H groups in total. The number of nitrogens with zero attached hydrogens (tertiary/aromatic N) is 1. The molecule has 0 aromatic heterocycles. The molecule has 5 heteroatoms. The lowest BCUT2D eigenvalue weighted by atomic mass is 9.97. The van der Waals surface area contributed by atoms with Gasteiger partial charge in [-0.25, -0.2) is 4.79 Å². The van der Waals surface area contributed by atoms with Crippen LogP contribution in [0, 0.1) is 6.92 Å². The molecule has 0 saturated heterocycles. The van der Waals surface area contributed by atoms with Crippen molar-refractivity contribution in [1.29, 1.82) is 0 Å². The Hall–Kier alpha value is -3.31. The first-order valence-corrected chi connectivity index (χ1v) is 11.4. The fourth-order valence-corrected chi connectivity index (χ4v) is 4.36. The van der Waals surface area contributed by atoms with Crippen LogP contribution in [0.4, 0.5) is 0 Å². The van der Waals surface area contributed by atoms with Gasteiger partial charge >= 0.3 is 5.97 Å². The lowest BCUT2D eigenvalue weighted by Gasteiger charge is -2.22. The van der Waals surface area contributed by atoms with Gasteiger partial charge < -0.3 is 14.2 Å². The monoisotopic (exact) mass is 445 g/mol. The quantitative estimate of drug-likeness (QED) is 0.318. The highest BCUT2D eigenvalue weighted by Crippen LogP contribution is 2.44. The number of rotatable bonds is 8. The zero-order valence-corrected chi connectivity index (χ0v) is 19.8. The van der Waals surface area contributed by atoms with Crippen LogP contribution >= 0.6 is 0 Å². The van der Waals surface area contributed by atoms with Gasteiger partial charge in [0.05, 0.1) is 7.11 Å². The van der Waals surface area contributed by atoms with Crippen molar-refractivity contribution >= 4 is 5.97 Å². The second kappa shape index (κ2) is 10.1. The van der Waals surface area contributed by atoms with Gasteiger partial charge in [0, 0.05) is 35.8 Å². The van der Waals surface area contributed by atoms with Gasteiger partial charge in [0.2, 0.25) is 0 Å². The number of benzene rings is 3. The molecule has 1 aliphatic heterocycles. The molecule has 5 nitrogen and oxygen atoms in total. The van der Waals surface area contributed by atoms with Crippen LogP contribution in [0.25, 0.3) is 0 Å². The van der Waals surface area contributed by atoms with Crippen molar-refractivity contribution in [2.24, 2.45) is 0 Å². The molecule has 0 bridgehead atoms. The number of hydrogen-bond donors (Lipinski definition) is 0. The Kier molecular flexibility index (Phi) is 6.99. The molecule has 1 heterocycles. The first kappa shape index (κ1) is 22.9. The topological polar surface area (TPSA) is 48.0 Å². The van der Waals surface area contributed by atoms with Gasteiger partial charge in [-0.15, -0.1) is 0 Å². The summed E-state index contributed by atoms with van der Waals surface area (Å²) in [5.41, 5.74) is 4.31. The smallest absolute Gasteiger partial charge is 0.347 e. The van der Waals surface area contributed by atoms with Crippen LogP contribution in [-0.4, -0.2) is 24.0 Å². The summed E-state index contributed by atoms with van der Waals surface area (Å²) < 4.78 is 17.9. The van der Waals surface area contributed by atoms with E-state index in [4.69, 9.17) is 14.2 Å². The summed E-state index contributed by atoms with van der Waals surface area (Å²) in [6.07, 6.45) is 1.04. The lowest BCUT2D eigenvalue weighted by Crippen LogP contribution is -2.27. The predicted octanol–water partition coefficient (Wildman–Crippen LogP) is 5.92. The second-order valence-electron chi connectivity index (χ2n) is 8.46. The fourth-order valence-electron chi connectivity index (χ4n) is 4.36. The highest BCUT2D eigenvalue weighted by Gasteiger charge is 2.34. The molecular formula is C28H31NO4. The Morgan fingerprint density at radius 3 is 2.18 bits per heavy atom. The van der Waals surface area contributed by atoms with Crippen molar-refractivity contribution in [3.63, 3.8) is 0 Å². The Labute approximate surface area is 195 Å². The third kappa shape index (κ3) is 4.74. The molecule has 4 rings (SSSR count). The normalized spacial score (nSPS) is 13.9. The SMILES string of the molecule is CC[C@H](C)N1Cc2c(c(OCc3ccccc3)c(C(=O)Oc3ccccc3)c(C)c2OC)C1. The number of para-hydroxylation sites is 1. The number of methoxy groups -OCH3 is 1. The maximum atomic E-state index is 13.4. The van der Waals surface area contributed by atoms with Gasteiger partial charge in [0.1, 0.15) is 29.4 Å². The molecule has 0 spiro atoms. The summed E-state index contributed by atoms with van der Waals surface area (Å²) in [7, 11) is 1.66. The number of hydrogen-bond acceptors (Lipinski definition) is 5. The van der Waals surface area contributed by atoms with Gasteiger partial charge in [-0.1, -0.05) is 55.5 Å². The van der Waals surface area contributed by atoms with Crippen LogP contribution in [0.1, 0.15) is 52.9 Å². The fraction of sp³-hybridized carbons (Fsp3) is 0.321. The first-order chi connectivity index (χ1) is 16.0. The van der Waals surface area contributed by atoms with Crippen LogP contribution in [0.2, 0.25) is 0 Å². The van der Waals surface area contributed by atoms with E-state index < -0.39 is 5.97 Å². The molecule has 0 fully saturated rings.